The molecule has 0 aliphatic rings. The summed E-state index contributed by atoms with van der Waals surface area (Å²) in [6, 6.07) is 19.9. The van der Waals surface area contributed by atoms with Crippen molar-refractivity contribution in [3.63, 3.8) is 0 Å². The fraction of sp³-hybridized carbons (Fsp3) is 0.125. The maximum atomic E-state index is 12.8. The summed E-state index contributed by atoms with van der Waals surface area (Å²) in [6.07, 6.45) is 1.53. The summed E-state index contributed by atoms with van der Waals surface area (Å²) in [4.78, 5) is 25.4. The maximum absolute atomic E-state index is 12.8. The van der Waals surface area contributed by atoms with Gasteiger partial charge in [0.25, 0.3) is 5.91 Å². The molecular weight excluding hydrogens is 394 g/mol. The molecule has 0 bridgehead atoms. The second-order valence-electron chi connectivity index (χ2n) is 6.86. The van der Waals surface area contributed by atoms with Gasteiger partial charge in [-0.15, -0.1) is 0 Å². The van der Waals surface area contributed by atoms with E-state index in [0.29, 0.717) is 33.3 Å². The molecule has 0 spiro atoms. The monoisotopic (exact) mass is 415 g/mol. The van der Waals surface area contributed by atoms with Crippen molar-refractivity contribution < 1.29 is 14.3 Å². The molecule has 0 radical (unpaired) electrons. The third-order valence-electron chi connectivity index (χ3n) is 4.99. The van der Waals surface area contributed by atoms with Crippen LogP contribution in [0.1, 0.15) is 5.56 Å². The molecule has 0 saturated heterocycles. The summed E-state index contributed by atoms with van der Waals surface area (Å²) < 4.78 is 12.3. The van der Waals surface area contributed by atoms with E-state index in [1.165, 1.54) is 6.21 Å². The molecule has 4 rings (SSSR count). The molecule has 0 unspecified atom stereocenters. The van der Waals surface area contributed by atoms with Crippen LogP contribution in [0.5, 0.6) is 11.5 Å². The number of hydrazone groups is 1. The van der Waals surface area contributed by atoms with Crippen molar-refractivity contribution in [1.29, 1.82) is 0 Å². The number of pyridine rings is 1. The minimum absolute atomic E-state index is 0.0184. The normalized spacial score (nSPS) is 11.2. The molecule has 7 heteroatoms. The summed E-state index contributed by atoms with van der Waals surface area (Å²) in [5, 5.41) is 5.19. The molecule has 31 heavy (non-hydrogen) atoms. The van der Waals surface area contributed by atoms with Crippen LogP contribution in [0.2, 0.25) is 0 Å². The predicted octanol–water partition coefficient (Wildman–Crippen LogP) is 3.32. The number of nitrogens with one attached hydrogen (secondary N) is 1. The number of amides is 1. The molecule has 0 saturated carbocycles. The first kappa shape index (κ1) is 20.2. The lowest BCUT2D eigenvalue weighted by molar-refractivity contribution is -0.121. The van der Waals surface area contributed by atoms with E-state index in [0.717, 1.165) is 5.56 Å². The summed E-state index contributed by atoms with van der Waals surface area (Å²) in [5.41, 5.74) is 4.65. The van der Waals surface area contributed by atoms with Crippen molar-refractivity contribution in [3.8, 4) is 11.5 Å². The Labute approximate surface area is 178 Å². The molecule has 7 nitrogen and oxygen atoms in total. The Morgan fingerprint density at radius 3 is 2.16 bits per heavy atom. The Balaban J connectivity index is 1.60. The fourth-order valence-electron chi connectivity index (χ4n) is 3.54. The zero-order chi connectivity index (χ0) is 21.8. The maximum Gasteiger partial charge on any atom is 0.260 e. The first-order valence-electron chi connectivity index (χ1n) is 9.66. The molecule has 3 aromatic carbocycles. The van der Waals surface area contributed by atoms with Gasteiger partial charge in [-0.1, -0.05) is 24.3 Å². The number of hydrogen-bond donors (Lipinski definition) is 1. The molecule has 0 aliphatic heterocycles. The lowest BCUT2D eigenvalue weighted by Gasteiger charge is -2.14. The SMILES string of the molecule is COc1ccc(/C=N\NC(=O)Cn2c3ccccc3c(=O)c3ccccc32)cc1OC. The van der Waals surface area contributed by atoms with Crippen LogP contribution in [-0.2, 0) is 11.3 Å². The smallest absolute Gasteiger partial charge is 0.260 e. The molecule has 0 atom stereocenters. The molecular formula is C24H21N3O4. The van der Waals surface area contributed by atoms with Crippen LogP contribution in [0.15, 0.2) is 76.6 Å². The van der Waals surface area contributed by atoms with Gasteiger partial charge in [0.05, 0.1) is 31.5 Å². The van der Waals surface area contributed by atoms with E-state index in [1.54, 1.807) is 44.6 Å². The average molecular weight is 415 g/mol. The molecule has 4 aromatic rings. The predicted molar refractivity (Wildman–Crippen MR) is 121 cm³/mol. The molecule has 1 aromatic heterocycles. The summed E-state index contributed by atoms with van der Waals surface area (Å²) in [7, 11) is 3.12. The number of para-hydroxylation sites is 2. The zero-order valence-corrected chi connectivity index (χ0v) is 17.2. The van der Waals surface area contributed by atoms with Gasteiger partial charge in [0.2, 0.25) is 0 Å². The van der Waals surface area contributed by atoms with Gasteiger partial charge in [-0.05, 0) is 48.0 Å². The van der Waals surface area contributed by atoms with Gasteiger partial charge < -0.3 is 14.0 Å². The number of fused-ring (bicyclic) bond motifs is 2. The lowest BCUT2D eigenvalue weighted by Crippen LogP contribution is -2.25. The first-order chi connectivity index (χ1) is 15.1. The van der Waals surface area contributed by atoms with Crippen LogP contribution >= 0.6 is 0 Å². The van der Waals surface area contributed by atoms with Crippen molar-refractivity contribution in [1.82, 2.24) is 9.99 Å². The van der Waals surface area contributed by atoms with E-state index in [-0.39, 0.29) is 17.9 Å². The number of ether oxygens (including phenoxy) is 2. The minimum Gasteiger partial charge on any atom is -0.493 e. The standard InChI is InChI=1S/C24H21N3O4/c1-30-21-12-11-16(13-22(21)31-2)14-25-26-23(28)15-27-19-9-5-3-7-17(19)24(29)18-8-4-6-10-20(18)27/h3-14H,15H2,1-2H3,(H,26,28)/b25-14-. The third-order valence-corrected chi connectivity index (χ3v) is 4.99. The molecule has 156 valence electrons. The van der Waals surface area contributed by atoms with Crippen LogP contribution in [0.4, 0.5) is 0 Å². The second-order valence-corrected chi connectivity index (χ2v) is 6.86. The van der Waals surface area contributed by atoms with Crippen LogP contribution in [0.25, 0.3) is 21.8 Å². The van der Waals surface area contributed by atoms with E-state index >= 15 is 0 Å². The summed E-state index contributed by atoms with van der Waals surface area (Å²) in [5.74, 6) is 0.875. The lowest BCUT2D eigenvalue weighted by atomic mass is 10.1. The number of benzene rings is 3. The summed E-state index contributed by atoms with van der Waals surface area (Å²) >= 11 is 0. The van der Waals surface area contributed by atoms with Crippen LogP contribution in [0.3, 0.4) is 0 Å². The first-order valence-corrected chi connectivity index (χ1v) is 9.66. The van der Waals surface area contributed by atoms with Gasteiger partial charge in [0.1, 0.15) is 6.54 Å². The van der Waals surface area contributed by atoms with Gasteiger partial charge in [-0.3, -0.25) is 9.59 Å². The highest BCUT2D eigenvalue weighted by atomic mass is 16.5. The summed E-state index contributed by atoms with van der Waals surface area (Å²) in [6.45, 7) is 0.0184. The van der Waals surface area contributed by atoms with Gasteiger partial charge in [-0.2, -0.15) is 5.10 Å². The number of carbonyl (C=O) groups is 1. The van der Waals surface area contributed by atoms with Gasteiger partial charge in [0, 0.05) is 10.8 Å². The van der Waals surface area contributed by atoms with Crippen molar-refractivity contribution in [2.75, 3.05) is 14.2 Å². The van der Waals surface area contributed by atoms with E-state index in [2.05, 4.69) is 10.5 Å². The number of aromatic nitrogens is 1. The molecule has 0 aliphatic carbocycles. The van der Waals surface area contributed by atoms with E-state index in [1.807, 2.05) is 41.0 Å². The Hall–Kier alpha value is -4.13. The fourth-order valence-corrected chi connectivity index (χ4v) is 3.54. The Morgan fingerprint density at radius 2 is 1.55 bits per heavy atom. The highest BCUT2D eigenvalue weighted by Crippen LogP contribution is 2.26. The molecule has 1 amide bonds. The van der Waals surface area contributed by atoms with Crippen molar-refractivity contribution in [3.05, 3.63) is 82.5 Å². The Kier molecular flexibility index (Phi) is 5.66. The Bertz CT molecular complexity index is 1300. The van der Waals surface area contributed by atoms with Gasteiger partial charge in [0.15, 0.2) is 16.9 Å². The Morgan fingerprint density at radius 1 is 0.935 bits per heavy atom. The third kappa shape index (κ3) is 3.98. The molecule has 0 fully saturated rings. The zero-order valence-electron chi connectivity index (χ0n) is 17.2. The number of methoxy groups -OCH3 is 2. The number of hydrogen-bond acceptors (Lipinski definition) is 5. The average Bonchev–Trinajstić information content (AvgIpc) is 2.81. The van der Waals surface area contributed by atoms with Crippen LogP contribution in [-0.4, -0.2) is 30.9 Å². The molecule has 1 heterocycles. The van der Waals surface area contributed by atoms with Crippen LogP contribution < -0.4 is 20.3 Å². The highest BCUT2D eigenvalue weighted by molar-refractivity contribution is 5.95. The number of carbonyl (C=O) groups excluding carboxylic acids is 1. The van der Waals surface area contributed by atoms with Gasteiger partial charge in [-0.25, -0.2) is 5.43 Å². The van der Waals surface area contributed by atoms with Crippen LogP contribution in [0, 0.1) is 0 Å². The van der Waals surface area contributed by atoms with Crippen molar-refractivity contribution in [2.24, 2.45) is 5.10 Å². The van der Waals surface area contributed by atoms with E-state index < -0.39 is 0 Å². The second kappa shape index (κ2) is 8.71. The van der Waals surface area contributed by atoms with Crippen molar-refractivity contribution >= 4 is 33.9 Å². The van der Waals surface area contributed by atoms with E-state index in [4.69, 9.17) is 9.47 Å². The topological polar surface area (TPSA) is 81.9 Å². The number of nitrogens with zero attached hydrogens (tertiary/aromatic N) is 2. The van der Waals surface area contributed by atoms with Gasteiger partial charge >= 0.3 is 0 Å². The van der Waals surface area contributed by atoms with Crippen molar-refractivity contribution in [2.45, 2.75) is 6.54 Å². The highest BCUT2D eigenvalue weighted by Gasteiger charge is 2.12. The minimum atomic E-state index is -0.310. The number of rotatable bonds is 6. The largest absolute Gasteiger partial charge is 0.493 e. The van der Waals surface area contributed by atoms with E-state index in [9.17, 15) is 9.59 Å². The quantitative estimate of drug-likeness (QED) is 0.298. The molecule has 1 N–H and O–H groups in total.